The number of carbonyl (C=O) groups is 1. The second-order valence-electron chi connectivity index (χ2n) is 6.61. The molecule has 2 N–H and O–H groups in total. The minimum atomic E-state index is -0.645. The summed E-state index contributed by atoms with van der Waals surface area (Å²) < 4.78 is 1.93. The van der Waals surface area contributed by atoms with Gasteiger partial charge in [-0.15, -0.1) is 0 Å². The number of benzene rings is 1. The molecule has 0 spiro atoms. The van der Waals surface area contributed by atoms with Crippen molar-refractivity contribution in [2.24, 2.45) is 0 Å². The molecule has 0 aliphatic rings. The number of hydrogen-bond donors (Lipinski definition) is 2. The number of hydrogen-bond acceptors (Lipinski definition) is 3. The first kappa shape index (κ1) is 19.2. The Morgan fingerprint density at radius 3 is 2.48 bits per heavy atom. The minimum Gasteiger partial charge on any atom is -0.391 e. The van der Waals surface area contributed by atoms with Gasteiger partial charge in [0.05, 0.1) is 18.2 Å². The summed E-state index contributed by atoms with van der Waals surface area (Å²) in [5, 5.41) is 17.7. The van der Waals surface area contributed by atoms with E-state index in [4.69, 9.17) is 0 Å². The van der Waals surface area contributed by atoms with E-state index in [1.54, 1.807) is 0 Å². The van der Waals surface area contributed by atoms with Crippen LogP contribution >= 0.6 is 0 Å². The summed E-state index contributed by atoms with van der Waals surface area (Å²) in [6.45, 7) is 8.03. The molecule has 2 atom stereocenters. The first-order valence-corrected chi connectivity index (χ1v) is 9.05. The van der Waals surface area contributed by atoms with Gasteiger partial charge in [-0.1, -0.05) is 44.2 Å². The number of amides is 1. The van der Waals surface area contributed by atoms with Crippen LogP contribution in [0.3, 0.4) is 0 Å². The lowest BCUT2D eigenvalue weighted by Gasteiger charge is -2.20. The van der Waals surface area contributed by atoms with E-state index in [1.165, 1.54) is 0 Å². The number of carbonyl (C=O) groups excluding carboxylic acids is 1. The van der Waals surface area contributed by atoms with Crippen LogP contribution in [0.2, 0.25) is 0 Å². The Labute approximate surface area is 150 Å². The zero-order chi connectivity index (χ0) is 18.4. The summed E-state index contributed by atoms with van der Waals surface area (Å²) in [6.07, 6.45) is 1.82. The highest BCUT2D eigenvalue weighted by atomic mass is 16.3. The molecule has 0 saturated heterocycles. The van der Waals surface area contributed by atoms with Crippen molar-refractivity contribution in [3.63, 3.8) is 0 Å². The predicted molar refractivity (Wildman–Crippen MR) is 99.7 cm³/mol. The fourth-order valence-electron chi connectivity index (χ4n) is 3.01. The minimum absolute atomic E-state index is 0.243. The molecule has 1 amide bonds. The Bertz CT molecular complexity index is 678. The van der Waals surface area contributed by atoms with Gasteiger partial charge < -0.3 is 10.4 Å². The van der Waals surface area contributed by atoms with Crippen LogP contribution in [-0.2, 0) is 6.42 Å². The third kappa shape index (κ3) is 4.92. The summed E-state index contributed by atoms with van der Waals surface area (Å²) in [7, 11) is 0. The lowest BCUT2D eigenvalue weighted by atomic mass is 10.0. The largest absolute Gasteiger partial charge is 0.391 e. The van der Waals surface area contributed by atoms with E-state index in [0.29, 0.717) is 18.2 Å². The second-order valence-corrected chi connectivity index (χ2v) is 6.61. The van der Waals surface area contributed by atoms with Crippen molar-refractivity contribution in [3.8, 4) is 0 Å². The maximum atomic E-state index is 12.5. The average molecular weight is 343 g/mol. The highest BCUT2D eigenvalue weighted by molar-refractivity contribution is 5.92. The lowest BCUT2D eigenvalue weighted by Crippen LogP contribution is -2.42. The fourth-order valence-corrected chi connectivity index (χ4v) is 3.01. The number of aliphatic hydroxyl groups excluding tert-OH is 1. The van der Waals surface area contributed by atoms with Gasteiger partial charge in [0.2, 0.25) is 0 Å². The smallest absolute Gasteiger partial charge is 0.272 e. The maximum absolute atomic E-state index is 12.5. The molecule has 25 heavy (non-hydrogen) atoms. The van der Waals surface area contributed by atoms with Crippen LogP contribution in [0.4, 0.5) is 0 Å². The molecule has 1 aromatic heterocycles. The summed E-state index contributed by atoms with van der Waals surface area (Å²) >= 11 is 0. The number of aryl methyl sites for hydroxylation is 1. The van der Waals surface area contributed by atoms with Crippen molar-refractivity contribution < 1.29 is 9.90 Å². The summed E-state index contributed by atoms with van der Waals surface area (Å²) in [5.41, 5.74) is 2.43. The van der Waals surface area contributed by atoms with E-state index in [-0.39, 0.29) is 11.9 Å². The molecule has 0 fully saturated rings. The number of aliphatic hydroxyl groups is 1. The highest BCUT2D eigenvalue weighted by Crippen LogP contribution is 2.18. The molecule has 136 valence electrons. The molecule has 1 aromatic carbocycles. The van der Waals surface area contributed by atoms with Crippen molar-refractivity contribution in [3.05, 3.63) is 53.3 Å². The number of nitrogens with zero attached hydrogens (tertiary/aromatic N) is 2. The van der Waals surface area contributed by atoms with Crippen molar-refractivity contribution in [1.29, 1.82) is 0 Å². The van der Waals surface area contributed by atoms with Crippen LogP contribution in [0.1, 0.15) is 61.4 Å². The third-order valence-corrected chi connectivity index (χ3v) is 4.67. The summed E-state index contributed by atoms with van der Waals surface area (Å²) in [5.74, 6) is -0.243. The average Bonchev–Trinajstić information content (AvgIpc) is 2.99. The molecule has 2 rings (SSSR count). The fraction of sp³-hybridized carbons (Fsp3) is 0.500. The molecule has 0 aliphatic heterocycles. The zero-order valence-electron chi connectivity index (χ0n) is 15.6. The van der Waals surface area contributed by atoms with Crippen LogP contribution in [0.5, 0.6) is 0 Å². The van der Waals surface area contributed by atoms with Gasteiger partial charge in [0.1, 0.15) is 5.69 Å². The first-order chi connectivity index (χ1) is 12.0. The standard InChI is InChI=1S/C20H29N3O2/c1-5-17(6-2)23-14(3)12-18(22-23)20(25)21-15(4)19(24)13-16-10-8-7-9-11-16/h7-12,15,17,19,24H,5-6,13H2,1-4H3,(H,21,25). The molecule has 2 unspecified atom stereocenters. The highest BCUT2D eigenvalue weighted by Gasteiger charge is 2.21. The van der Waals surface area contributed by atoms with E-state index in [0.717, 1.165) is 24.1 Å². The monoisotopic (exact) mass is 343 g/mol. The van der Waals surface area contributed by atoms with Gasteiger partial charge in [-0.3, -0.25) is 9.48 Å². The first-order valence-electron chi connectivity index (χ1n) is 9.05. The van der Waals surface area contributed by atoms with E-state index in [9.17, 15) is 9.90 Å². The van der Waals surface area contributed by atoms with Crippen LogP contribution in [-0.4, -0.2) is 32.9 Å². The molecular weight excluding hydrogens is 314 g/mol. The molecular formula is C20H29N3O2. The van der Waals surface area contributed by atoms with Crippen molar-refractivity contribution in [2.45, 2.75) is 65.1 Å². The van der Waals surface area contributed by atoms with E-state index in [1.807, 2.05) is 54.9 Å². The third-order valence-electron chi connectivity index (χ3n) is 4.67. The van der Waals surface area contributed by atoms with Gasteiger partial charge in [-0.05, 0) is 38.3 Å². The number of aromatic nitrogens is 2. The molecule has 5 nitrogen and oxygen atoms in total. The molecule has 0 saturated carbocycles. The zero-order valence-corrected chi connectivity index (χ0v) is 15.6. The second kappa shape index (κ2) is 8.81. The SMILES string of the molecule is CCC(CC)n1nc(C(=O)NC(C)C(O)Cc2ccccc2)cc1C. The van der Waals surface area contributed by atoms with Crippen LogP contribution in [0, 0.1) is 6.92 Å². The van der Waals surface area contributed by atoms with Gasteiger partial charge in [-0.25, -0.2) is 0 Å². The molecule has 0 bridgehead atoms. The van der Waals surface area contributed by atoms with Crippen molar-refractivity contribution in [2.75, 3.05) is 0 Å². The van der Waals surface area contributed by atoms with Crippen LogP contribution in [0.25, 0.3) is 0 Å². The number of rotatable bonds is 8. The summed E-state index contributed by atoms with van der Waals surface area (Å²) in [4.78, 5) is 12.5. The Balaban J connectivity index is 2.00. The quantitative estimate of drug-likeness (QED) is 0.773. The topological polar surface area (TPSA) is 67.2 Å². The van der Waals surface area contributed by atoms with Crippen LogP contribution < -0.4 is 5.32 Å². The van der Waals surface area contributed by atoms with Gasteiger partial charge >= 0.3 is 0 Å². The number of nitrogens with one attached hydrogen (secondary N) is 1. The van der Waals surface area contributed by atoms with Crippen molar-refractivity contribution >= 4 is 5.91 Å². The molecule has 5 heteroatoms. The Kier molecular flexibility index (Phi) is 6.76. The van der Waals surface area contributed by atoms with Gasteiger partial charge in [0.25, 0.3) is 5.91 Å². The van der Waals surface area contributed by atoms with Gasteiger partial charge in [0, 0.05) is 12.1 Å². The maximum Gasteiger partial charge on any atom is 0.272 e. The predicted octanol–water partition coefficient (Wildman–Crippen LogP) is 3.27. The molecule has 2 aromatic rings. The van der Waals surface area contributed by atoms with Crippen molar-refractivity contribution in [1.82, 2.24) is 15.1 Å². The molecule has 1 heterocycles. The Morgan fingerprint density at radius 2 is 1.88 bits per heavy atom. The summed E-state index contributed by atoms with van der Waals surface area (Å²) in [6, 6.07) is 11.5. The normalized spacial score (nSPS) is 13.7. The lowest BCUT2D eigenvalue weighted by molar-refractivity contribution is 0.0846. The Hall–Kier alpha value is -2.14. The van der Waals surface area contributed by atoms with E-state index < -0.39 is 6.10 Å². The Morgan fingerprint density at radius 1 is 1.24 bits per heavy atom. The van der Waals surface area contributed by atoms with E-state index in [2.05, 4.69) is 24.3 Å². The van der Waals surface area contributed by atoms with Crippen LogP contribution in [0.15, 0.2) is 36.4 Å². The van der Waals surface area contributed by atoms with Gasteiger partial charge in [-0.2, -0.15) is 5.10 Å². The van der Waals surface area contributed by atoms with E-state index >= 15 is 0 Å². The molecule has 0 aliphatic carbocycles. The molecule has 0 radical (unpaired) electrons. The van der Waals surface area contributed by atoms with Gasteiger partial charge in [0.15, 0.2) is 0 Å².